The van der Waals surface area contributed by atoms with Crippen LogP contribution in [-0.2, 0) is 11.8 Å². The van der Waals surface area contributed by atoms with Crippen LogP contribution in [0.1, 0.15) is 11.7 Å². The summed E-state index contributed by atoms with van der Waals surface area (Å²) in [6, 6.07) is 0.0995. The summed E-state index contributed by atoms with van der Waals surface area (Å²) in [6.07, 6.45) is 1.70. The predicted octanol–water partition coefficient (Wildman–Crippen LogP) is 0.336. The van der Waals surface area contributed by atoms with Gasteiger partial charge in [0.05, 0.1) is 31.6 Å². The molecule has 80 valence electrons. The third-order valence-corrected chi connectivity index (χ3v) is 2.18. The van der Waals surface area contributed by atoms with Gasteiger partial charge in [-0.15, -0.1) is 0 Å². The Morgan fingerprint density at radius 1 is 1.57 bits per heavy atom. The van der Waals surface area contributed by atoms with Crippen molar-refractivity contribution in [3.05, 3.63) is 11.9 Å². The summed E-state index contributed by atoms with van der Waals surface area (Å²) in [5.41, 5.74) is 0.997. The number of methoxy groups -OCH3 is 2. The average Bonchev–Trinajstić information content (AvgIpc) is 2.56. The van der Waals surface area contributed by atoms with E-state index in [2.05, 4.69) is 10.4 Å². The van der Waals surface area contributed by atoms with Crippen molar-refractivity contribution in [2.75, 3.05) is 27.9 Å². The molecule has 14 heavy (non-hydrogen) atoms. The highest BCUT2D eigenvalue weighted by Crippen LogP contribution is 2.23. The number of hydrogen-bond acceptors (Lipinski definition) is 4. The van der Waals surface area contributed by atoms with E-state index in [0.29, 0.717) is 6.61 Å². The number of aromatic nitrogens is 2. The van der Waals surface area contributed by atoms with Gasteiger partial charge < -0.3 is 14.8 Å². The molecule has 1 atom stereocenters. The Hall–Kier alpha value is -1.07. The number of likely N-dealkylation sites (N-methyl/N-ethyl adjacent to an activating group) is 1. The SMILES string of the molecule is CNC(COC)c1c(OC)cnn1C. The van der Waals surface area contributed by atoms with Crippen molar-refractivity contribution in [2.45, 2.75) is 6.04 Å². The Morgan fingerprint density at radius 2 is 2.29 bits per heavy atom. The van der Waals surface area contributed by atoms with E-state index >= 15 is 0 Å². The Bertz CT molecular complexity index is 286. The fourth-order valence-electron chi connectivity index (χ4n) is 1.45. The van der Waals surface area contributed by atoms with Gasteiger partial charge in [0.15, 0.2) is 5.75 Å². The molecule has 5 nitrogen and oxygen atoms in total. The van der Waals surface area contributed by atoms with Gasteiger partial charge in [-0.1, -0.05) is 0 Å². The van der Waals surface area contributed by atoms with Gasteiger partial charge in [0.25, 0.3) is 0 Å². The summed E-state index contributed by atoms with van der Waals surface area (Å²) in [5.74, 6) is 0.781. The van der Waals surface area contributed by atoms with Crippen LogP contribution in [0.4, 0.5) is 0 Å². The number of hydrogen-bond donors (Lipinski definition) is 1. The predicted molar refractivity (Wildman–Crippen MR) is 53.4 cm³/mol. The molecule has 0 spiro atoms. The van der Waals surface area contributed by atoms with Gasteiger partial charge in [0, 0.05) is 14.2 Å². The van der Waals surface area contributed by atoms with E-state index in [1.165, 1.54) is 0 Å². The highest BCUT2D eigenvalue weighted by Gasteiger charge is 2.18. The highest BCUT2D eigenvalue weighted by atomic mass is 16.5. The molecule has 0 aliphatic heterocycles. The van der Waals surface area contributed by atoms with Crippen LogP contribution < -0.4 is 10.1 Å². The van der Waals surface area contributed by atoms with E-state index in [0.717, 1.165) is 11.4 Å². The molecule has 0 saturated heterocycles. The van der Waals surface area contributed by atoms with Gasteiger partial charge in [0.2, 0.25) is 0 Å². The molecule has 1 heterocycles. The molecule has 1 aromatic heterocycles. The van der Waals surface area contributed by atoms with Gasteiger partial charge in [-0.3, -0.25) is 4.68 Å². The monoisotopic (exact) mass is 199 g/mol. The van der Waals surface area contributed by atoms with Gasteiger partial charge in [-0.2, -0.15) is 5.10 Å². The lowest BCUT2D eigenvalue weighted by atomic mass is 10.2. The number of nitrogens with zero attached hydrogens (tertiary/aromatic N) is 2. The van der Waals surface area contributed by atoms with E-state index in [4.69, 9.17) is 9.47 Å². The summed E-state index contributed by atoms with van der Waals surface area (Å²) >= 11 is 0. The third kappa shape index (κ3) is 2.05. The fraction of sp³-hybridized carbons (Fsp3) is 0.667. The first-order valence-corrected chi connectivity index (χ1v) is 4.46. The summed E-state index contributed by atoms with van der Waals surface area (Å²) in [7, 11) is 7.08. The maximum absolute atomic E-state index is 5.22. The van der Waals surface area contributed by atoms with Crippen LogP contribution in [0, 0.1) is 0 Å². The first-order chi connectivity index (χ1) is 6.74. The Balaban J connectivity index is 2.94. The van der Waals surface area contributed by atoms with E-state index in [9.17, 15) is 0 Å². The van der Waals surface area contributed by atoms with E-state index in [1.807, 2.05) is 14.1 Å². The van der Waals surface area contributed by atoms with Gasteiger partial charge in [0.1, 0.15) is 0 Å². The normalized spacial score (nSPS) is 12.9. The molecular formula is C9H17N3O2. The summed E-state index contributed by atoms with van der Waals surface area (Å²) < 4.78 is 12.1. The highest BCUT2D eigenvalue weighted by molar-refractivity contribution is 5.28. The molecule has 0 bridgehead atoms. The van der Waals surface area contributed by atoms with Crippen LogP contribution in [-0.4, -0.2) is 37.7 Å². The molecule has 0 fully saturated rings. The number of aryl methyl sites for hydroxylation is 1. The quantitative estimate of drug-likeness (QED) is 0.742. The zero-order valence-corrected chi connectivity index (χ0v) is 9.07. The Morgan fingerprint density at radius 3 is 2.79 bits per heavy atom. The molecular weight excluding hydrogens is 182 g/mol. The molecule has 5 heteroatoms. The number of nitrogens with one attached hydrogen (secondary N) is 1. The van der Waals surface area contributed by atoms with Crippen LogP contribution in [0.15, 0.2) is 6.20 Å². The number of rotatable bonds is 5. The molecule has 0 radical (unpaired) electrons. The second-order valence-corrected chi connectivity index (χ2v) is 3.02. The maximum atomic E-state index is 5.22. The van der Waals surface area contributed by atoms with Crippen LogP contribution in [0.5, 0.6) is 5.75 Å². The topological polar surface area (TPSA) is 48.3 Å². The zero-order valence-electron chi connectivity index (χ0n) is 9.07. The molecule has 1 aromatic rings. The van der Waals surface area contributed by atoms with Gasteiger partial charge >= 0.3 is 0 Å². The average molecular weight is 199 g/mol. The molecule has 1 N–H and O–H groups in total. The van der Waals surface area contributed by atoms with Crippen LogP contribution in [0.25, 0.3) is 0 Å². The Labute approximate surface area is 84.0 Å². The lowest BCUT2D eigenvalue weighted by Crippen LogP contribution is -2.24. The largest absolute Gasteiger partial charge is 0.493 e. The van der Waals surface area contributed by atoms with E-state index in [-0.39, 0.29) is 6.04 Å². The maximum Gasteiger partial charge on any atom is 0.161 e. The third-order valence-electron chi connectivity index (χ3n) is 2.18. The van der Waals surface area contributed by atoms with Crippen molar-refractivity contribution in [2.24, 2.45) is 7.05 Å². The van der Waals surface area contributed by atoms with Crippen LogP contribution in [0.3, 0.4) is 0 Å². The van der Waals surface area contributed by atoms with Crippen molar-refractivity contribution in [3.8, 4) is 5.75 Å². The van der Waals surface area contributed by atoms with Crippen molar-refractivity contribution < 1.29 is 9.47 Å². The summed E-state index contributed by atoms with van der Waals surface area (Å²) in [4.78, 5) is 0. The zero-order chi connectivity index (χ0) is 10.6. The van der Waals surface area contributed by atoms with Crippen LogP contribution in [0.2, 0.25) is 0 Å². The minimum Gasteiger partial charge on any atom is -0.493 e. The second-order valence-electron chi connectivity index (χ2n) is 3.02. The van der Waals surface area contributed by atoms with Gasteiger partial charge in [-0.05, 0) is 7.05 Å². The summed E-state index contributed by atoms with van der Waals surface area (Å²) in [5, 5.41) is 7.29. The van der Waals surface area contributed by atoms with Crippen LogP contribution >= 0.6 is 0 Å². The molecule has 1 unspecified atom stereocenters. The van der Waals surface area contributed by atoms with E-state index < -0.39 is 0 Å². The lowest BCUT2D eigenvalue weighted by molar-refractivity contribution is 0.165. The van der Waals surface area contributed by atoms with E-state index in [1.54, 1.807) is 25.1 Å². The molecule has 1 rings (SSSR count). The molecule has 0 aliphatic carbocycles. The fourth-order valence-corrected chi connectivity index (χ4v) is 1.45. The van der Waals surface area contributed by atoms with Gasteiger partial charge in [-0.25, -0.2) is 0 Å². The summed E-state index contributed by atoms with van der Waals surface area (Å²) in [6.45, 7) is 0.590. The smallest absolute Gasteiger partial charge is 0.161 e. The van der Waals surface area contributed by atoms with Crippen molar-refractivity contribution >= 4 is 0 Å². The minimum atomic E-state index is 0.0995. The first-order valence-electron chi connectivity index (χ1n) is 4.46. The standard InChI is InChI=1S/C9H17N3O2/c1-10-7(6-13-3)9-8(14-4)5-11-12(9)2/h5,7,10H,6H2,1-4H3. The van der Waals surface area contributed by atoms with Crippen molar-refractivity contribution in [1.29, 1.82) is 0 Å². The number of ether oxygens (including phenoxy) is 2. The Kier molecular flexibility index (Phi) is 3.91. The first kappa shape index (κ1) is 11.0. The van der Waals surface area contributed by atoms with Crippen molar-refractivity contribution in [3.63, 3.8) is 0 Å². The lowest BCUT2D eigenvalue weighted by Gasteiger charge is -2.16. The molecule has 0 aromatic carbocycles. The molecule has 0 aliphatic rings. The van der Waals surface area contributed by atoms with Crippen molar-refractivity contribution in [1.82, 2.24) is 15.1 Å². The molecule has 0 amide bonds. The second kappa shape index (κ2) is 4.97. The molecule has 0 saturated carbocycles. The minimum absolute atomic E-state index is 0.0995.